The summed E-state index contributed by atoms with van der Waals surface area (Å²) in [4.78, 5) is 45.4. The fourth-order valence-electron chi connectivity index (χ4n) is 7.07. The number of hydrogen-bond acceptors (Lipinski definition) is 7. The third-order valence-electron chi connectivity index (χ3n) is 9.02. The molecule has 3 N–H and O–H groups in total. The molecule has 4 heterocycles. The SMILES string of the molecule is CC1CC23O[C@]1(C)[C@@H](C(=O)Nc1ccccc1)[C@H]2C(=O)N(CCCCO)C3C(=O)NCCN1CCOCC1. The number of rotatable bonds is 10. The van der Waals surface area contributed by atoms with E-state index in [4.69, 9.17) is 9.47 Å². The topological polar surface area (TPSA) is 120 Å². The zero-order valence-electron chi connectivity index (χ0n) is 22.4. The number of carbonyl (C=O) groups excluding carboxylic acids is 3. The Balaban J connectivity index is 1.40. The zero-order valence-corrected chi connectivity index (χ0v) is 22.4. The number of unbranched alkanes of at least 4 members (excludes halogenated alkanes) is 1. The van der Waals surface area contributed by atoms with Crippen molar-refractivity contribution in [1.82, 2.24) is 15.1 Å². The molecule has 0 aromatic heterocycles. The Bertz CT molecular complexity index is 1030. The van der Waals surface area contributed by atoms with Crippen molar-refractivity contribution in [3.05, 3.63) is 30.3 Å². The Labute approximate surface area is 224 Å². The molecule has 0 aliphatic carbocycles. The fraction of sp³-hybridized carbons (Fsp3) is 0.679. The molecule has 1 aromatic rings. The summed E-state index contributed by atoms with van der Waals surface area (Å²) >= 11 is 0. The molecule has 5 rings (SSSR count). The second kappa shape index (κ2) is 10.9. The molecule has 1 aromatic carbocycles. The molecule has 1 spiro atoms. The highest BCUT2D eigenvalue weighted by atomic mass is 16.5. The van der Waals surface area contributed by atoms with Gasteiger partial charge < -0.3 is 30.1 Å². The lowest BCUT2D eigenvalue weighted by Gasteiger charge is -2.36. The van der Waals surface area contributed by atoms with E-state index in [9.17, 15) is 19.5 Å². The van der Waals surface area contributed by atoms with Gasteiger partial charge in [-0.2, -0.15) is 0 Å². The van der Waals surface area contributed by atoms with E-state index < -0.39 is 29.1 Å². The molecule has 4 fully saturated rings. The van der Waals surface area contributed by atoms with Gasteiger partial charge in [0.15, 0.2) is 0 Å². The van der Waals surface area contributed by atoms with Gasteiger partial charge in [-0.25, -0.2) is 0 Å². The molecule has 0 radical (unpaired) electrons. The molecular formula is C28H40N4O6. The molecule has 2 bridgehead atoms. The maximum Gasteiger partial charge on any atom is 0.245 e. The first kappa shape index (κ1) is 27.1. The molecule has 10 nitrogen and oxygen atoms in total. The van der Waals surface area contributed by atoms with Gasteiger partial charge in [0.1, 0.15) is 11.6 Å². The van der Waals surface area contributed by atoms with E-state index in [-0.39, 0.29) is 30.2 Å². The van der Waals surface area contributed by atoms with Gasteiger partial charge in [0.2, 0.25) is 17.7 Å². The number of hydrogen-bond donors (Lipinski definition) is 3. The van der Waals surface area contributed by atoms with Crippen LogP contribution in [-0.2, 0) is 23.9 Å². The monoisotopic (exact) mass is 528 g/mol. The number of fused-ring (bicyclic) bond motifs is 1. The predicted molar refractivity (Wildman–Crippen MR) is 140 cm³/mol. The standard InChI is InChI=1S/C28H40N4O6/c1-19-18-28-22(21(27(19,2)38-28)24(34)30-20-8-4-3-5-9-20)26(36)32(11-6-7-15-33)23(28)25(35)29-10-12-31-13-16-37-17-14-31/h3-5,8-9,19,21-23,33H,6-7,10-18H2,1-2H3,(H,29,35)(H,30,34)/t19?,21-,22+,23?,27+,28?/m1/s1. The van der Waals surface area contributed by atoms with Crippen molar-refractivity contribution in [2.24, 2.45) is 17.8 Å². The summed E-state index contributed by atoms with van der Waals surface area (Å²) in [5, 5.41) is 15.4. The van der Waals surface area contributed by atoms with Crippen LogP contribution in [0, 0.1) is 17.8 Å². The molecule has 208 valence electrons. The molecule has 4 saturated heterocycles. The van der Waals surface area contributed by atoms with Crippen LogP contribution in [0.25, 0.3) is 0 Å². The van der Waals surface area contributed by atoms with E-state index in [1.165, 1.54) is 0 Å². The fourth-order valence-corrected chi connectivity index (χ4v) is 7.07. The summed E-state index contributed by atoms with van der Waals surface area (Å²) in [5.41, 5.74) is -1.26. The number of nitrogens with one attached hydrogen (secondary N) is 2. The summed E-state index contributed by atoms with van der Waals surface area (Å²) < 4.78 is 12.1. The van der Waals surface area contributed by atoms with E-state index >= 15 is 0 Å². The van der Waals surface area contributed by atoms with Crippen LogP contribution in [0.2, 0.25) is 0 Å². The number of aliphatic hydroxyl groups is 1. The molecule has 4 aliphatic rings. The summed E-state index contributed by atoms with van der Waals surface area (Å²) in [6.07, 6.45) is 1.63. The first-order valence-corrected chi connectivity index (χ1v) is 13.9. The average molecular weight is 529 g/mol. The zero-order chi connectivity index (χ0) is 26.9. The minimum Gasteiger partial charge on any atom is -0.396 e. The second-order valence-electron chi connectivity index (χ2n) is 11.3. The van der Waals surface area contributed by atoms with Crippen molar-refractivity contribution in [2.75, 3.05) is 57.9 Å². The van der Waals surface area contributed by atoms with E-state index in [0.717, 1.165) is 13.1 Å². The van der Waals surface area contributed by atoms with Crippen LogP contribution in [0.3, 0.4) is 0 Å². The van der Waals surface area contributed by atoms with Crippen LogP contribution >= 0.6 is 0 Å². The second-order valence-corrected chi connectivity index (χ2v) is 11.3. The largest absolute Gasteiger partial charge is 0.396 e. The van der Waals surface area contributed by atoms with E-state index in [0.29, 0.717) is 57.8 Å². The van der Waals surface area contributed by atoms with Crippen LogP contribution in [0.15, 0.2) is 30.3 Å². The smallest absolute Gasteiger partial charge is 0.245 e. The van der Waals surface area contributed by atoms with Crippen LogP contribution < -0.4 is 10.6 Å². The Morgan fingerprint density at radius 1 is 1.11 bits per heavy atom. The minimum atomic E-state index is -1.06. The van der Waals surface area contributed by atoms with Crippen molar-refractivity contribution >= 4 is 23.4 Å². The van der Waals surface area contributed by atoms with Gasteiger partial charge in [-0.05, 0) is 44.2 Å². The third kappa shape index (κ3) is 4.61. The minimum absolute atomic E-state index is 0.0146. The number of nitrogens with zero attached hydrogens (tertiary/aromatic N) is 2. The van der Waals surface area contributed by atoms with Gasteiger partial charge in [-0.15, -0.1) is 0 Å². The highest BCUT2D eigenvalue weighted by Gasteiger charge is 2.79. The van der Waals surface area contributed by atoms with Crippen LogP contribution in [0.1, 0.15) is 33.1 Å². The number of aliphatic hydroxyl groups excluding tert-OH is 1. The summed E-state index contributed by atoms with van der Waals surface area (Å²) in [6, 6.07) is 8.38. The van der Waals surface area contributed by atoms with Gasteiger partial charge in [-0.3, -0.25) is 19.3 Å². The number of benzene rings is 1. The maximum absolute atomic E-state index is 14.0. The Kier molecular flexibility index (Phi) is 7.77. The number of ether oxygens (including phenoxy) is 2. The summed E-state index contributed by atoms with van der Waals surface area (Å²) in [6.45, 7) is 8.49. The van der Waals surface area contributed by atoms with E-state index in [1.54, 1.807) is 4.90 Å². The first-order valence-electron chi connectivity index (χ1n) is 13.9. The number of anilines is 1. The predicted octanol–water partition coefficient (Wildman–Crippen LogP) is 0.857. The van der Waals surface area contributed by atoms with Crippen LogP contribution in [-0.4, -0.2) is 102 Å². The summed E-state index contributed by atoms with van der Waals surface area (Å²) in [5.74, 6) is -2.17. The number of morpholine rings is 1. The number of para-hydroxylation sites is 1. The normalized spacial score (nSPS) is 34.4. The highest BCUT2D eigenvalue weighted by molar-refractivity contribution is 6.02. The molecule has 10 heteroatoms. The quantitative estimate of drug-likeness (QED) is 0.385. The number of likely N-dealkylation sites (tertiary alicyclic amines) is 1. The molecule has 3 amide bonds. The van der Waals surface area contributed by atoms with E-state index in [2.05, 4.69) is 15.5 Å². The van der Waals surface area contributed by atoms with Gasteiger partial charge in [0.05, 0.1) is 30.7 Å². The van der Waals surface area contributed by atoms with Crippen molar-refractivity contribution in [2.45, 2.75) is 50.4 Å². The van der Waals surface area contributed by atoms with Gasteiger partial charge in [-0.1, -0.05) is 25.1 Å². The van der Waals surface area contributed by atoms with Crippen molar-refractivity contribution in [3.8, 4) is 0 Å². The lowest BCUT2D eigenvalue weighted by molar-refractivity contribution is -0.146. The Morgan fingerprint density at radius 2 is 1.84 bits per heavy atom. The highest BCUT2D eigenvalue weighted by Crippen LogP contribution is 2.65. The van der Waals surface area contributed by atoms with Gasteiger partial charge in [0.25, 0.3) is 0 Å². The molecule has 38 heavy (non-hydrogen) atoms. The van der Waals surface area contributed by atoms with Crippen LogP contribution in [0.5, 0.6) is 0 Å². The maximum atomic E-state index is 14.0. The summed E-state index contributed by atoms with van der Waals surface area (Å²) in [7, 11) is 0. The number of amides is 3. The third-order valence-corrected chi connectivity index (χ3v) is 9.02. The number of carbonyl (C=O) groups is 3. The van der Waals surface area contributed by atoms with Crippen molar-refractivity contribution in [3.63, 3.8) is 0 Å². The molecular weight excluding hydrogens is 488 g/mol. The van der Waals surface area contributed by atoms with E-state index in [1.807, 2.05) is 44.2 Å². The van der Waals surface area contributed by atoms with Crippen molar-refractivity contribution in [1.29, 1.82) is 0 Å². The lowest BCUT2D eigenvalue weighted by atomic mass is 9.62. The average Bonchev–Trinajstić information content (AvgIpc) is 3.42. The van der Waals surface area contributed by atoms with Gasteiger partial charge >= 0.3 is 0 Å². The molecule has 3 unspecified atom stereocenters. The van der Waals surface area contributed by atoms with Gasteiger partial charge in [0, 0.05) is 45.0 Å². The molecule has 0 saturated carbocycles. The lowest BCUT2D eigenvalue weighted by Crippen LogP contribution is -2.56. The van der Waals surface area contributed by atoms with Crippen LogP contribution in [0.4, 0.5) is 5.69 Å². The molecule has 6 atom stereocenters. The Morgan fingerprint density at radius 3 is 2.55 bits per heavy atom. The van der Waals surface area contributed by atoms with Crippen molar-refractivity contribution < 1.29 is 29.0 Å². The first-order chi connectivity index (χ1) is 18.3. The molecule has 4 aliphatic heterocycles. The Hall–Kier alpha value is -2.53.